The highest BCUT2D eigenvalue weighted by Gasteiger charge is 2.22. The zero-order chi connectivity index (χ0) is 22.3. The molecular formula is C22H25NO6S. The molecule has 0 radical (unpaired) electrons. The molecule has 7 nitrogen and oxygen atoms in total. The van der Waals surface area contributed by atoms with Crippen LogP contribution < -0.4 is 10.9 Å². The van der Waals surface area contributed by atoms with E-state index in [1.54, 1.807) is 30.4 Å². The molecular weight excluding hydrogens is 406 g/mol. The van der Waals surface area contributed by atoms with Gasteiger partial charge in [0.1, 0.15) is 17.1 Å². The van der Waals surface area contributed by atoms with Crippen LogP contribution in [0.1, 0.15) is 65.4 Å². The standard InChI is InChI=1S/C22H25NO6S/c1-4-15-8-9-16(30-15)11-14(3)20(25)19-17(24)12-18(29-21(19)26)13(2)7-5-6-10-23-22(27)28/h6,8-13,23-24H,4-5,7H2,1-3H3,(H,27,28)/b10-6?,14-11+. The van der Waals surface area contributed by atoms with Crippen LogP contribution in [0.5, 0.6) is 5.75 Å². The predicted octanol–water partition coefficient (Wildman–Crippen LogP) is 4.92. The first-order valence-electron chi connectivity index (χ1n) is 9.56. The molecule has 0 spiro atoms. The van der Waals surface area contributed by atoms with Gasteiger partial charge in [-0.25, -0.2) is 9.59 Å². The van der Waals surface area contributed by atoms with Crippen LogP contribution in [0.15, 0.2) is 45.3 Å². The van der Waals surface area contributed by atoms with E-state index in [2.05, 4.69) is 5.32 Å². The van der Waals surface area contributed by atoms with Crippen LogP contribution in [0.2, 0.25) is 0 Å². The third kappa shape index (κ3) is 6.18. The molecule has 0 saturated heterocycles. The van der Waals surface area contributed by atoms with Gasteiger partial charge in [-0.15, -0.1) is 11.3 Å². The normalized spacial score (nSPS) is 12.8. The summed E-state index contributed by atoms with van der Waals surface area (Å²) >= 11 is 1.57. The lowest BCUT2D eigenvalue weighted by Crippen LogP contribution is -2.16. The fraction of sp³-hybridized carbons (Fsp3) is 0.318. The highest BCUT2D eigenvalue weighted by atomic mass is 32.1. The molecule has 1 amide bonds. The molecule has 160 valence electrons. The van der Waals surface area contributed by atoms with E-state index >= 15 is 0 Å². The molecule has 30 heavy (non-hydrogen) atoms. The van der Waals surface area contributed by atoms with E-state index in [9.17, 15) is 19.5 Å². The molecule has 2 heterocycles. The smallest absolute Gasteiger partial charge is 0.408 e. The minimum atomic E-state index is -1.15. The van der Waals surface area contributed by atoms with E-state index in [1.165, 1.54) is 17.1 Å². The molecule has 2 aromatic heterocycles. The van der Waals surface area contributed by atoms with E-state index in [-0.39, 0.29) is 17.2 Å². The number of amides is 1. The number of aryl methyl sites for hydroxylation is 1. The first kappa shape index (κ1) is 23.2. The fourth-order valence-electron chi connectivity index (χ4n) is 2.79. The van der Waals surface area contributed by atoms with Gasteiger partial charge in [0.2, 0.25) is 0 Å². The van der Waals surface area contributed by atoms with Gasteiger partial charge in [0.25, 0.3) is 0 Å². The summed E-state index contributed by atoms with van der Waals surface area (Å²) in [6.07, 6.45) is 5.50. The van der Waals surface area contributed by atoms with Crippen LogP contribution >= 0.6 is 11.3 Å². The maximum Gasteiger partial charge on any atom is 0.408 e. The summed E-state index contributed by atoms with van der Waals surface area (Å²) in [4.78, 5) is 37.6. The Morgan fingerprint density at radius 2 is 2.07 bits per heavy atom. The Labute approximate surface area is 178 Å². The van der Waals surface area contributed by atoms with Crippen LogP contribution in [0, 0.1) is 0 Å². The van der Waals surface area contributed by atoms with Gasteiger partial charge in [-0.05, 0) is 50.0 Å². The van der Waals surface area contributed by atoms with Crippen LogP contribution in [0.3, 0.4) is 0 Å². The molecule has 1 unspecified atom stereocenters. The number of rotatable bonds is 9. The van der Waals surface area contributed by atoms with Gasteiger partial charge < -0.3 is 14.6 Å². The first-order chi connectivity index (χ1) is 14.2. The summed E-state index contributed by atoms with van der Waals surface area (Å²) in [6, 6.07) is 5.20. The minimum absolute atomic E-state index is 0.211. The molecule has 0 bridgehead atoms. The topological polar surface area (TPSA) is 117 Å². The van der Waals surface area contributed by atoms with Crippen molar-refractivity contribution in [2.75, 3.05) is 0 Å². The lowest BCUT2D eigenvalue weighted by Gasteiger charge is -2.11. The van der Waals surface area contributed by atoms with E-state index in [4.69, 9.17) is 9.52 Å². The molecule has 2 rings (SSSR count). The van der Waals surface area contributed by atoms with Gasteiger partial charge >= 0.3 is 11.7 Å². The van der Waals surface area contributed by atoms with Crippen molar-refractivity contribution in [3.63, 3.8) is 0 Å². The van der Waals surface area contributed by atoms with Crippen LogP contribution in [0.4, 0.5) is 4.79 Å². The number of aromatic hydroxyl groups is 1. The number of carbonyl (C=O) groups excluding carboxylic acids is 1. The third-order valence-electron chi connectivity index (χ3n) is 4.50. The van der Waals surface area contributed by atoms with Gasteiger partial charge in [0.05, 0.1) is 0 Å². The van der Waals surface area contributed by atoms with Gasteiger partial charge in [-0.2, -0.15) is 0 Å². The van der Waals surface area contributed by atoms with Gasteiger partial charge in [0.15, 0.2) is 5.78 Å². The summed E-state index contributed by atoms with van der Waals surface area (Å²) in [5.41, 5.74) is -0.922. The van der Waals surface area contributed by atoms with Crippen molar-refractivity contribution in [2.45, 2.75) is 46.0 Å². The van der Waals surface area contributed by atoms with Crippen molar-refractivity contribution in [1.29, 1.82) is 0 Å². The van der Waals surface area contributed by atoms with E-state index in [0.717, 1.165) is 11.3 Å². The summed E-state index contributed by atoms with van der Waals surface area (Å²) < 4.78 is 5.29. The number of carboxylic acid groups (broad SMARTS) is 1. The molecule has 8 heteroatoms. The molecule has 2 aromatic rings. The number of hydrogen-bond acceptors (Lipinski definition) is 6. The first-order valence-corrected chi connectivity index (χ1v) is 10.4. The van der Waals surface area contributed by atoms with Crippen molar-refractivity contribution in [1.82, 2.24) is 5.32 Å². The molecule has 0 aliphatic rings. The Morgan fingerprint density at radius 3 is 2.67 bits per heavy atom. The van der Waals surface area contributed by atoms with Gasteiger partial charge in [-0.1, -0.05) is 19.9 Å². The number of ketones is 1. The Balaban J connectivity index is 2.15. The molecule has 0 saturated carbocycles. The predicted molar refractivity (Wildman–Crippen MR) is 116 cm³/mol. The minimum Gasteiger partial charge on any atom is -0.507 e. The number of thiophene rings is 1. The zero-order valence-corrected chi connectivity index (χ0v) is 17.9. The van der Waals surface area contributed by atoms with E-state index in [1.807, 2.05) is 26.0 Å². The van der Waals surface area contributed by atoms with Crippen LogP contribution in [-0.4, -0.2) is 22.1 Å². The van der Waals surface area contributed by atoms with Crippen LogP contribution in [0.25, 0.3) is 6.08 Å². The average molecular weight is 432 g/mol. The van der Waals surface area contributed by atoms with Crippen molar-refractivity contribution < 1.29 is 24.2 Å². The number of nitrogens with one attached hydrogen (secondary N) is 1. The van der Waals surface area contributed by atoms with Gasteiger partial charge in [0, 0.05) is 27.9 Å². The number of Topliss-reactive ketones (excluding diaryl/α,β-unsaturated/α-hetero) is 1. The van der Waals surface area contributed by atoms with Crippen LogP contribution in [-0.2, 0) is 6.42 Å². The van der Waals surface area contributed by atoms with E-state index < -0.39 is 23.3 Å². The highest BCUT2D eigenvalue weighted by molar-refractivity contribution is 7.12. The van der Waals surface area contributed by atoms with Crippen molar-refractivity contribution in [3.8, 4) is 5.75 Å². The Kier molecular flexibility index (Phi) is 8.17. The summed E-state index contributed by atoms with van der Waals surface area (Å²) in [6.45, 7) is 5.46. The monoisotopic (exact) mass is 431 g/mol. The summed E-state index contributed by atoms with van der Waals surface area (Å²) in [5.74, 6) is -0.928. The maximum absolute atomic E-state index is 12.7. The highest BCUT2D eigenvalue weighted by Crippen LogP contribution is 2.27. The maximum atomic E-state index is 12.7. The van der Waals surface area contributed by atoms with Crippen molar-refractivity contribution in [3.05, 3.63) is 67.5 Å². The Bertz CT molecular complexity index is 1030. The largest absolute Gasteiger partial charge is 0.507 e. The van der Waals surface area contributed by atoms with Crippen molar-refractivity contribution >= 4 is 29.3 Å². The second-order valence-electron chi connectivity index (χ2n) is 6.84. The quantitative estimate of drug-likeness (QED) is 0.383. The molecule has 0 aliphatic heterocycles. The summed E-state index contributed by atoms with van der Waals surface area (Å²) in [5, 5.41) is 20.9. The van der Waals surface area contributed by atoms with Gasteiger partial charge in [-0.3, -0.25) is 10.1 Å². The van der Waals surface area contributed by atoms with E-state index in [0.29, 0.717) is 18.4 Å². The molecule has 1 atom stereocenters. The fourth-order valence-corrected chi connectivity index (χ4v) is 3.75. The Morgan fingerprint density at radius 1 is 1.33 bits per heavy atom. The molecule has 3 N–H and O–H groups in total. The van der Waals surface area contributed by atoms with Crippen molar-refractivity contribution in [2.24, 2.45) is 0 Å². The Hall–Kier alpha value is -3.13. The zero-order valence-electron chi connectivity index (χ0n) is 17.1. The second kappa shape index (κ2) is 10.6. The average Bonchev–Trinajstić information content (AvgIpc) is 3.14. The molecule has 0 fully saturated rings. The lowest BCUT2D eigenvalue weighted by molar-refractivity contribution is 0.102. The molecule has 0 aliphatic carbocycles. The number of hydrogen-bond donors (Lipinski definition) is 3. The SMILES string of the molecule is CCc1ccc(/C=C(\C)C(=O)c2c(O)cc(C(C)CCC=CNC(=O)O)oc2=O)s1. The number of allylic oxidation sites excluding steroid dienone is 2. The molecule has 0 aromatic carbocycles. The number of carbonyl (C=O) groups is 2. The second-order valence-corrected chi connectivity index (χ2v) is 8.04. The third-order valence-corrected chi connectivity index (χ3v) is 5.68. The lowest BCUT2D eigenvalue weighted by atomic mass is 10.00. The summed E-state index contributed by atoms with van der Waals surface area (Å²) in [7, 11) is 0.